The van der Waals surface area contributed by atoms with Gasteiger partial charge in [-0.05, 0) is 50.2 Å². The first-order valence-electron chi connectivity index (χ1n) is 6.00. The number of benzene rings is 1. The van der Waals surface area contributed by atoms with Crippen LogP contribution in [0.1, 0.15) is 43.9 Å². The highest BCUT2D eigenvalue weighted by molar-refractivity contribution is 6.20. The zero-order valence-electron chi connectivity index (χ0n) is 11.1. The largest absolute Gasteiger partial charge is 0.123 e. The number of aryl methyl sites for hydroxylation is 2. The Morgan fingerprint density at radius 1 is 1.25 bits per heavy atom. The van der Waals surface area contributed by atoms with Crippen molar-refractivity contribution in [2.45, 2.75) is 52.8 Å². The number of rotatable bonds is 4. The van der Waals surface area contributed by atoms with Crippen LogP contribution in [0.25, 0.3) is 0 Å². The number of halogens is 1. The predicted octanol–water partition coefficient (Wildman–Crippen LogP) is 4.89. The molecule has 0 aromatic heterocycles. The van der Waals surface area contributed by atoms with Crippen molar-refractivity contribution in [2.75, 3.05) is 0 Å². The first-order valence-corrected chi connectivity index (χ1v) is 6.44. The van der Waals surface area contributed by atoms with Gasteiger partial charge in [-0.15, -0.1) is 11.6 Å². The quantitative estimate of drug-likeness (QED) is 0.656. The Balaban J connectivity index is 2.82. The second-order valence-electron chi connectivity index (χ2n) is 5.76. The molecular formula is C15H23Cl. The second-order valence-corrected chi connectivity index (χ2v) is 6.50. The Morgan fingerprint density at radius 2 is 1.88 bits per heavy atom. The lowest BCUT2D eigenvalue weighted by Crippen LogP contribution is -2.19. The predicted molar refractivity (Wildman–Crippen MR) is 73.3 cm³/mol. The molecule has 1 heteroatoms. The maximum Gasteiger partial charge on any atom is 0.0313 e. The maximum absolute atomic E-state index is 6.10. The summed E-state index contributed by atoms with van der Waals surface area (Å²) in [5.74, 6) is 0. The number of hydrogen-bond donors (Lipinski definition) is 0. The van der Waals surface area contributed by atoms with Crippen LogP contribution in [0, 0.1) is 19.3 Å². The molecule has 0 saturated heterocycles. The van der Waals surface area contributed by atoms with Gasteiger partial charge in [-0.25, -0.2) is 0 Å². The van der Waals surface area contributed by atoms with E-state index < -0.39 is 0 Å². The van der Waals surface area contributed by atoms with Gasteiger partial charge in [-0.2, -0.15) is 0 Å². The smallest absolute Gasteiger partial charge is 0.0313 e. The normalized spacial score (nSPS) is 13.9. The van der Waals surface area contributed by atoms with Crippen LogP contribution >= 0.6 is 11.6 Å². The van der Waals surface area contributed by atoms with Crippen molar-refractivity contribution in [3.05, 3.63) is 34.9 Å². The van der Waals surface area contributed by atoms with Gasteiger partial charge in [0.1, 0.15) is 0 Å². The number of alkyl halides is 1. The summed E-state index contributed by atoms with van der Waals surface area (Å²) >= 11 is 6.10. The van der Waals surface area contributed by atoms with Gasteiger partial charge in [-0.1, -0.05) is 37.6 Å². The summed E-state index contributed by atoms with van der Waals surface area (Å²) in [6.45, 7) is 11.0. The van der Waals surface area contributed by atoms with E-state index in [0.717, 1.165) is 12.8 Å². The van der Waals surface area contributed by atoms with Crippen molar-refractivity contribution in [1.82, 2.24) is 0 Å². The van der Waals surface area contributed by atoms with Gasteiger partial charge in [0.15, 0.2) is 0 Å². The van der Waals surface area contributed by atoms with Gasteiger partial charge in [0.2, 0.25) is 0 Å². The first kappa shape index (κ1) is 13.6. The van der Waals surface area contributed by atoms with E-state index in [2.05, 4.69) is 52.8 Å². The summed E-state index contributed by atoms with van der Waals surface area (Å²) in [4.78, 5) is 0. The molecule has 0 fully saturated rings. The van der Waals surface area contributed by atoms with Crippen molar-refractivity contribution in [1.29, 1.82) is 0 Å². The molecule has 0 aliphatic carbocycles. The molecule has 90 valence electrons. The lowest BCUT2D eigenvalue weighted by molar-refractivity contribution is 0.331. The Kier molecular flexibility index (Phi) is 4.43. The lowest BCUT2D eigenvalue weighted by Gasteiger charge is -2.27. The minimum atomic E-state index is 0.250. The summed E-state index contributed by atoms with van der Waals surface area (Å²) in [6, 6.07) is 6.69. The molecule has 0 amide bonds. The van der Waals surface area contributed by atoms with Crippen molar-refractivity contribution >= 4 is 11.6 Å². The second kappa shape index (κ2) is 5.23. The average Bonchev–Trinajstić information content (AvgIpc) is 2.08. The fraction of sp³-hybridized carbons (Fsp3) is 0.600. The standard InChI is InChI=1S/C15H23Cl/c1-11-6-7-12(2)14(8-11)10-15(4,5)9-13(3)16/h6-8,13H,9-10H2,1-5H3. The summed E-state index contributed by atoms with van der Waals surface area (Å²) in [7, 11) is 0. The SMILES string of the molecule is Cc1ccc(C)c(CC(C)(C)CC(C)Cl)c1. The minimum Gasteiger partial charge on any atom is -0.123 e. The Morgan fingerprint density at radius 3 is 2.44 bits per heavy atom. The molecule has 0 spiro atoms. The molecule has 1 aromatic rings. The minimum absolute atomic E-state index is 0.250. The number of hydrogen-bond acceptors (Lipinski definition) is 0. The molecule has 1 rings (SSSR count). The molecule has 0 nitrogen and oxygen atoms in total. The Labute approximate surface area is 105 Å². The monoisotopic (exact) mass is 238 g/mol. The van der Waals surface area contributed by atoms with Crippen LogP contribution < -0.4 is 0 Å². The van der Waals surface area contributed by atoms with E-state index in [-0.39, 0.29) is 10.8 Å². The van der Waals surface area contributed by atoms with Crippen molar-refractivity contribution in [3.8, 4) is 0 Å². The highest BCUT2D eigenvalue weighted by atomic mass is 35.5. The third-order valence-electron chi connectivity index (χ3n) is 3.01. The molecule has 0 aliphatic heterocycles. The zero-order valence-corrected chi connectivity index (χ0v) is 11.9. The van der Waals surface area contributed by atoms with Gasteiger partial charge in [0, 0.05) is 5.38 Å². The van der Waals surface area contributed by atoms with Gasteiger partial charge in [-0.3, -0.25) is 0 Å². The average molecular weight is 239 g/mol. The third-order valence-corrected chi connectivity index (χ3v) is 3.16. The fourth-order valence-electron chi connectivity index (χ4n) is 2.34. The molecule has 0 N–H and O–H groups in total. The first-order chi connectivity index (χ1) is 7.30. The summed E-state index contributed by atoms with van der Waals surface area (Å²) in [6.07, 6.45) is 2.17. The van der Waals surface area contributed by atoms with Crippen LogP contribution in [-0.2, 0) is 6.42 Å². The Hall–Kier alpha value is -0.490. The van der Waals surface area contributed by atoms with Gasteiger partial charge < -0.3 is 0 Å². The Bertz CT molecular complexity index is 350. The topological polar surface area (TPSA) is 0 Å². The maximum atomic E-state index is 6.10. The van der Waals surface area contributed by atoms with E-state index in [1.807, 2.05) is 0 Å². The molecule has 0 heterocycles. The van der Waals surface area contributed by atoms with Gasteiger partial charge >= 0.3 is 0 Å². The molecule has 1 atom stereocenters. The van der Waals surface area contributed by atoms with Gasteiger partial charge in [0.05, 0.1) is 0 Å². The van der Waals surface area contributed by atoms with E-state index >= 15 is 0 Å². The molecule has 0 radical (unpaired) electrons. The molecule has 16 heavy (non-hydrogen) atoms. The molecule has 0 bridgehead atoms. The van der Waals surface area contributed by atoms with Crippen LogP contribution in [0.2, 0.25) is 0 Å². The summed E-state index contributed by atoms with van der Waals surface area (Å²) < 4.78 is 0. The van der Waals surface area contributed by atoms with Crippen molar-refractivity contribution in [3.63, 3.8) is 0 Å². The highest BCUT2D eigenvalue weighted by Gasteiger charge is 2.21. The lowest BCUT2D eigenvalue weighted by atomic mass is 9.80. The third kappa shape index (κ3) is 4.17. The molecular weight excluding hydrogens is 216 g/mol. The van der Waals surface area contributed by atoms with Crippen LogP contribution in [-0.4, -0.2) is 5.38 Å². The van der Waals surface area contributed by atoms with E-state index in [4.69, 9.17) is 11.6 Å². The van der Waals surface area contributed by atoms with Crippen LogP contribution in [0.15, 0.2) is 18.2 Å². The fourth-order valence-corrected chi connectivity index (χ4v) is 2.76. The van der Waals surface area contributed by atoms with Crippen LogP contribution in [0.5, 0.6) is 0 Å². The zero-order chi connectivity index (χ0) is 12.3. The van der Waals surface area contributed by atoms with E-state index in [1.165, 1.54) is 16.7 Å². The van der Waals surface area contributed by atoms with Crippen molar-refractivity contribution in [2.24, 2.45) is 5.41 Å². The summed E-state index contributed by atoms with van der Waals surface area (Å²) in [5, 5.41) is 0.250. The summed E-state index contributed by atoms with van der Waals surface area (Å²) in [5.41, 5.74) is 4.47. The van der Waals surface area contributed by atoms with Crippen molar-refractivity contribution < 1.29 is 0 Å². The molecule has 0 saturated carbocycles. The van der Waals surface area contributed by atoms with E-state index in [9.17, 15) is 0 Å². The molecule has 0 aliphatic rings. The highest BCUT2D eigenvalue weighted by Crippen LogP contribution is 2.30. The van der Waals surface area contributed by atoms with Crippen LogP contribution in [0.3, 0.4) is 0 Å². The van der Waals surface area contributed by atoms with E-state index in [1.54, 1.807) is 0 Å². The van der Waals surface area contributed by atoms with Crippen LogP contribution in [0.4, 0.5) is 0 Å². The molecule has 1 aromatic carbocycles. The van der Waals surface area contributed by atoms with E-state index in [0.29, 0.717) is 0 Å². The van der Waals surface area contributed by atoms with Gasteiger partial charge in [0.25, 0.3) is 0 Å². The molecule has 1 unspecified atom stereocenters.